The number of fused-ring (bicyclic) bond motifs is 1. The lowest BCUT2D eigenvalue weighted by atomic mass is 10.1. The summed E-state index contributed by atoms with van der Waals surface area (Å²) in [5.74, 6) is 0. The van der Waals surface area contributed by atoms with Gasteiger partial charge in [-0.25, -0.2) is 24.5 Å². The maximum Gasteiger partial charge on any atom is 0.416 e. The van der Waals surface area contributed by atoms with Gasteiger partial charge in [0.2, 0.25) is 0 Å². The number of aliphatic hydroxyl groups excluding tert-OH is 1. The van der Waals surface area contributed by atoms with Crippen LogP contribution in [0.15, 0.2) is 55.1 Å². The summed E-state index contributed by atoms with van der Waals surface area (Å²) in [5, 5.41) is 16.7. The van der Waals surface area contributed by atoms with Crippen molar-refractivity contribution in [3.8, 4) is 5.69 Å². The summed E-state index contributed by atoms with van der Waals surface area (Å²) in [7, 11) is 0. The summed E-state index contributed by atoms with van der Waals surface area (Å²) in [5.41, 5.74) is 0.446. The minimum absolute atomic E-state index is 0.0795. The third-order valence-electron chi connectivity index (χ3n) is 5.46. The van der Waals surface area contributed by atoms with Gasteiger partial charge in [-0.3, -0.25) is 4.57 Å². The maximum atomic E-state index is 13.2. The van der Waals surface area contributed by atoms with Gasteiger partial charge in [0.15, 0.2) is 5.65 Å². The van der Waals surface area contributed by atoms with Crippen LogP contribution in [0.25, 0.3) is 16.9 Å². The summed E-state index contributed by atoms with van der Waals surface area (Å²) in [4.78, 5) is 37.2. The number of rotatable bonds is 6. The number of hydrogen-bond donors (Lipinski definition) is 4. The Bertz CT molecular complexity index is 1530. The van der Waals surface area contributed by atoms with Gasteiger partial charge in [-0.1, -0.05) is 6.07 Å². The largest absolute Gasteiger partial charge is 0.444 e. The third kappa shape index (κ3) is 6.83. The Morgan fingerprint density at radius 1 is 0.975 bits per heavy atom. The Kier molecular flexibility index (Phi) is 7.91. The van der Waals surface area contributed by atoms with Gasteiger partial charge in [0.25, 0.3) is 0 Å². The van der Waals surface area contributed by atoms with Crippen LogP contribution in [-0.4, -0.2) is 42.4 Å². The standard InChI is InChI=1S/C26H26F3N7O4/c1-25(2,3)40-24(39)30-11-20-21-22(32-13-31-20)36(14-33-21)18-8-6-16(7-9-18)34-23(38)35-17-5-4-15(12-37)19(10-17)26(27,28)29/h4-10,13-14,37H,11-12H2,1-3H3,(H,30,39)(H2,34,35,38). The minimum atomic E-state index is -4.68. The van der Waals surface area contributed by atoms with Crippen LogP contribution < -0.4 is 16.0 Å². The van der Waals surface area contributed by atoms with Crippen LogP contribution in [0, 0.1) is 0 Å². The number of hydrogen-bond acceptors (Lipinski definition) is 7. The second-order valence-corrected chi connectivity index (χ2v) is 9.62. The number of alkyl halides is 3. The first-order valence-electron chi connectivity index (χ1n) is 12.0. The maximum absolute atomic E-state index is 13.2. The zero-order valence-electron chi connectivity index (χ0n) is 21.7. The molecule has 0 saturated carbocycles. The van der Waals surface area contributed by atoms with E-state index >= 15 is 0 Å². The van der Waals surface area contributed by atoms with E-state index in [0.29, 0.717) is 28.2 Å². The van der Waals surface area contributed by atoms with E-state index < -0.39 is 36.1 Å². The first-order valence-corrected chi connectivity index (χ1v) is 12.0. The third-order valence-corrected chi connectivity index (χ3v) is 5.46. The molecule has 0 aliphatic rings. The van der Waals surface area contributed by atoms with Gasteiger partial charge in [-0.2, -0.15) is 13.2 Å². The van der Waals surface area contributed by atoms with E-state index in [9.17, 15) is 22.8 Å². The number of urea groups is 1. The average Bonchev–Trinajstić information content (AvgIpc) is 3.31. The number of aliphatic hydroxyl groups is 1. The summed E-state index contributed by atoms with van der Waals surface area (Å²) >= 11 is 0. The van der Waals surface area contributed by atoms with Gasteiger partial charge in [-0.15, -0.1) is 0 Å². The van der Waals surface area contributed by atoms with E-state index in [0.717, 1.165) is 12.1 Å². The lowest BCUT2D eigenvalue weighted by Crippen LogP contribution is -2.32. The van der Waals surface area contributed by atoms with Crippen LogP contribution in [0.3, 0.4) is 0 Å². The van der Waals surface area contributed by atoms with Crippen LogP contribution in [0.5, 0.6) is 0 Å². The van der Waals surface area contributed by atoms with Crippen molar-refractivity contribution in [1.82, 2.24) is 24.8 Å². The van der Waals surface area contributed by atoms with Gasteiger partial charge < -0.3 is 25.8 Å². The van der Waals surface area contributed by atoms with Crippen LogP contribution in [-0.2, 0) is 24.1 Å². The number of alkyl carbamates (subject to hydrolysis) is 1. The molecule has 0 unspecified atom stereocenters. The van der Waals surface area contributed by atoms with Crippen molar-refractivity contribution in [3.63, 3.8) is 0 Å². The number of ether oxygens (including phenoxy) is 1. The van der Waals surface area contributed by atoms with Crippen molar-refractivity contribution in [3.05, 3.63) is 71.9 Å². The molecule has 40 heavy (non-hydrogen) atoms. The van der Waals surface area contributed by atoms with Gasteiger partial charge in [-0.05, 0) is 62.7 Å². The molecule has 0 atom stereocenters. The Hall–Kier alpha value is -4.72. The topological polar surface area (TPSA) is 143 Å². The average molecular weight is 558 g/mol. The molecule has 0 saturated heterocycles. The van der Waals surface area contributed by atoms with Crippen molar-refractivity contribution in [2.75, 3.05) is 10.6 Å². The van der Waals surface area contributed by atoms with E-state index in [1.807, 2.05) is 0 Å². The molecule has 4 aromatic rings. The number of nitrogens with one attached hydrogen (secondary N) is 3. The Balaban J connectivity index is 1.44. The molecule has 2 aromatic carbocycles. The molecule has 0 spiro atoms. The molecule has 210 valence electrons. The van der Waals surface area contributed by atoms with E-state index in [2.05, 4.69) is 30.9 Å². The Morgan fingerprint density at radius 2 is 1.65 bits per heavy atom. The fourth-order valence-electron chi connectivity index (χ4n) is 3.73. The number of nitrogens with zero attached hydrogens (tertiary/aromatic N) is 4. The van der Waals surface area contributed by atoms with Gasteiger partial charge in [0.1, 0.15) is 23.8 Å². The van der Waals surface area contributed by atoms with Gasteiger partial charge in [0, 0.05) is 17.1 Å². The van der Waals surface area contributed by atoms with E-state index in [1.54, 1.807) is 55.9 Å². The number of benzene rings is 2. The van der Waals surface area contributed by atoms with Crippen LogP contribution in [0.4, 0.5) is 34.1 Å². The van der Waals surface area contributed by atoms with Gasteiger partial charge >= 0.3 is 18.3 Å². The predicted octanol–water partition coefficient (Wildman–Crippen LogP) is 5.00. The molecule has 0 aliphatic carbocycles. The van der Waals surface area contributed by atoms with Crippen LogP contribution in [0.1, 0.15) is 37.6 Å². The highest BCUT2D eigenvalue weighted by Gasteiger charge is 2.33. The van der Waals surface area contributed by atoms with Crippen molar-refractivity contribution >= 4 is 34.7 Å². The summed E-state index contributed by atoms with van der Waals surface area (Å²) in [6.45, 7) is 4.57. The fraction of sp³-hybridized carbons (Fsp3) is 0.269. The molecule has 2 heterocycles. The molecule has 0 radical (unpaired) electrons. The highest BCUT2D eigenvalue weighted by molar-refractivity contribution is 5.99. The van der Waals surface area contributed by atoms with Crippen LogP contribution in [0.2, 0.25) is 0 Å². The van der Waals surface area contributed by atoms with E-state index in [-0.39, 0.29) is 17.8 Å². The van der Waals surface area contributed by atoms with Crippen molar-refractivity contribution in [2.45, 2.75) is 45.7 Å². The normalized spacial score (nSPS) is 11.8. The van der Waals surface area contributed by atoms with Crippen molar-refractivity contribution in [2.24, 2.45) is 0 Å². The first kappa shape index (κ1) is 28.3. The Labute approximate surface area is 226 Å². The number of anilines is 2. The zero-order valence-corrected chi connectivity index (χ0v) is 21.7. The molecule has 3 amide bonds. The van der Waals surface area contributed by atoms with E-state index in [1.165, 1.54) is 12.4 Å². The molecule has 4 rings (SSSR count). The molecule has 4 N–H and O–H groups in total. The highest BCUT2D eigenvalue weighted by atomic mass is 19.4. The zero-order chi connectivity index (χ0) is 29.1. The van der Waals surface area contributed by atoms with Gasteiger partial charge in [0.05, 0.1) is 24.4 Å². The molecule has 2 aromatic heterocycles. The van der Waals surface area contributed by atoms with Crippen molar-refractivity contribution < 1.29 is 32.6 Å². The lowest BCUT2D eigenvalue weighted by Gasteiger charge is -2.19. The number of halogens is 3. The number of amides is 3. The smallest absolute Gasteiger partial charge is 0.416 e. The quantitative estimate of drug-likeness (QED) is 0.261. The number of carbonyl (C=O) groups is 2. The Morgan fingerprint density at radius 3 is 2.30 bits per heavy atom. The molecular formula is C26H26F3N7O4. The lowest BCUT2D eigenvalue weighted by molar-refractivity contribution is -0.138. The van der Waals surface area contributed by atoms with E-state index in [4.69, 9.17) is 9.84 Å². The summed E-state index contributed by atoms with van der Waals surface area (Å²) in [6, 6.07) is 8.96. The number of aromatic nitrogens is 4. The molecule has 14 heteroatoms. The molecule has 11 nitrogen and oxygen atoms in total. The molecule has 0 bridgehead atoms. The minimum Gasteiger partial charge on any atom is -0.444 e. The number of imidazole rings is 1. The molecular weight excluding hydrogens is 531 g/mol. The summed E-state index contributed by atoms with van der Waals surface area (Å²) in [6.07, 6.45) is -2.38. The second-order valence-electron chi connectivity index (χ2n) is 9.62. The fourth-order valence-corrected chi connectivity index (χ4v) is 3.73. The highest BCUT2D eigenvalue weighted by Crippen LogP contribution is 2.34. The monoisotopic (exact) mass is 557 g/mol. The summed E-state index contributed by atoms with van der Waals surface area (Å²) < 4.78 is 46.6. The second kappa shape index (κ2) is 11.2. The predicted molar refractivity (Wildman–Crippen MR) is 140 cm³/mol. The van der Waals surface area contributed by atoms with Crippen molar-refractivity contribution in [1.29, 1.82) is 0 Å². The van der Waals surface area contributed by atoms with Crippen LogP contribution >= 0.6 is 0 Å². The number of carbonyl (C=O) groups excluding carboxylic acids is 2. The molecule has 0 aliphatic heterocycles. The molecule has 0 fully saturated rings. The first-order chi connectivity index (χ1) is 18.8. The SMILES string of the molecule is CC(C)(C)OC(=O)NCc1ncnc2c1ncn2-c1ccc(NC(=O)Nc2ccc(CO)c(C(F)(F)F)c2)cc1.